The van der Waals surface area contributed by atoms with Gasteiger partial charge in [0, 0.05) is 44.3 Å². The Bertz CT molecular complexity index is 1400. The van der Waals surface area contributed by atoms with Crippen molar-refractivity contribution in [2.75, 3.05) is 57.8 Å². The number of nitrogens with zero attached hydrogens (tertiary/aromatic N) is 7. The van der Waals surface area contributed by atoms with Crippen LogP contribution in [0.2, 0.25) is 0 Å². The topological polar surface area (TPSA) is 105 Å². The predicted molar refractivity (Wildman–Crippen MR) is 165 cm³/mol. The molecule has 1 aromatic heterocycles. The van der Waals surface area contributed by atoms with Gasteiger partial charge in [-0.2, -0.15) is 9.97 Å². The first kappa shape index (κ1) is 32.2. The van der Waals surface area contributed by atoms with Crippen molar-refractivity contribution in [2.24, 2.45) is 0 Å². The molecule has 0 unspecified atom stereocenters. The lowest BCUT2D eigenvalue weighted by Crippen LogP contribution is -2.57. The van der Waals surface area contributed by atoms with E-state index in [0.29, 0.717) is 57.1 Å². The third-order valence-electron chi connectivity index (χ3n) is 8.24. The molecule has 242 valence electrons. The van der Waals surface area contributed by atoms with Gasteiger partial charge in [0.1, 0.15) is 36.8 Å². The number of hydrogen-bond donors (Lipinski definition) is 0. The highest BCUT2D eigenvalue weighted by atomic mass is 19.1. The molecule has 4 heterocycles. The molecule has 2 aromatic rings. The van der Waals surface area contributed by atoms with E-state index in [1.165, 1.54) is 0 Å². The number of amides is 2. The standard InChI is InChI=1S/C32H42FN7O5/c1-32(2,3)45-31(42)40-14-13-38(18-25(40)16-34-4)28-26-11-12-39(30(41)44-20-22-9-7-6-8-10-22)19-27(26)35-29(36-28)43-21-24-15-23(33)17-37(24)5/h6-10,23-25H,11-21H2,1-3,5H3/t23-,24+,25+/m1/s1. The minimum absolute atomic E-state index is 0.104. The summed E-state index contributed by atoms with van der Waals surface area (Å²) in [5.41, 5.74) is 1.79. The predicted octanol–water partition coefficient (Wildman–Crippen LogP) is 3.94. The first-order valence-electron chi connectivity index (χ1n) is 15.4. The molecule has 13 heteroatoms. The number of ether oxygens (including phenoxy) is 3. The summed E-state index contributed by atoms with van der Waals surface area (Å²) in [5, 5.41) is 0. The summed E-state index contributed by atoms with van der Waals surface area (Å²) in [4.78, 5) is 46.4. The van der Waals surface area contributed by atoms with Crippen molar-refractivity contribution in [1.82, 2.24) is 24.7 Å². The first-order valence-corrected chi connectivity index (χ1v) is 15.4. The van der Waals surface area contributed by atoms with E-state index >= 15 is 0 Å². The monoisotopic (exact) mass is 623 g/mol. The van der Waals surface area contributed by atoms with Gasteiger partial charge in [0.25, 0.3) is 0 Å². The van der Waals surface area contributed by atoms with Gasteiger partial charge < -0.3 is 28.9 Å². The molecule has 45 heavy (non-hydrogen) atoms. The van der Waals surface area contributed by atoms with Crippen LogP contribution in [-0.4, -0.2) is 114 Å². The number of anilines is 1. The zero-order valence-electron chi connectivity index (χ0n) is 26.4. The van der Waals surface area contributed by atoms with Gasteiger partial charge in [-0.05, 0) is 46.2 Å². The molecule has 5 rings (SSSR count). The molecule has 0 bridgehead atoms. The van der Waals surface area contributed by atoms with E-state index in [2.05, 4.69) is 9.74 Å². The second-order valence-electron chi connectivity index (χ2n) is 12.8. The molecule has 2 amide bonds. The highest BCUT2D eigenvalue weighted by molar-refractivity contribution is 5.70. The summed E-state index contributed by atoms with van der Waals surface area (Å²) in [7, 11) is 1.87. The Labute approximate surface area is 263 Å². The molecular formula is C32H42FN7O5. The summed E-state index contributed by atoms with van der Waals surface area (Å²) in [5.74, 6) is 0.661. The van der Waals surface area contributed by atoms with Gasteiger partial charge in [-0.15, -0.1) is 0 Å². The maximum atomic E-state index is 14.0. The van der Waals surface area contributed by atoms with Crippen LogP contribution in [0.4, 0.5) is 19.8 Å². The number of benzene rings is 1. The molecule has 0 spiro atoms. The van der Waals surface area contributed by atoms with E-state index in [-0.39, 0.29) is 38.4 Å². The Morgan fingerprint density at radius 3 is 2.53 bits per heavy atom. The molecule has 3 aliphatic heterocycles. The number of rotatable bonds is 7. The fraction of sp³-hybridized carbons (Fsp3) is 0.594. The molecule has 0 radical (unpaired) electrons. The number of halogens is 1. The zero-order valence-corrected chi connectivity index (χ0v) is 26.4. The molecule has 3 aliphatic rings. The number of aromatic nitrogens is 2. The van der Waals surface area contributed by atoms with Crippen molar-refractivity contribution >= 4 is 18.0 Å². The number of likely N-dealkylation sites (N-methyl/N-ethyl adjacent to an activating group) is 1. The second-order valence-corrected chi connectivity index (χ2v) is 12.8. The van der Waals surface area contributed by atoms with Gasteiger partial charge in [0.2, 0.25) is 6.54 Å². The summed E-state index contributed by atoms with van der Waals surface area (Å²) in [6, 6.07) is 9.15. The largest absolute Gasteiger partial charge is 0.462 e. The van der Waals surface area contributed by atoms with Gasteiger partial charge in [-0.1, -0.05) is 30.3 Å². The van der Waals surface area contributed by atoms with Crippen molar-refractivity contribution in [3.8, 4) is 6.01 Å². The Morgan fingerprint density at radius 2 is 1.84 bits per heavy atom. The van der Waals surface area contributed by atoms with E-state index in [9.17, 15) is 14.0 Å². The molecule has 12 nitrogen and oxygen atoms in total. The quantitative estimate of drug-likeness (QED) is 0.424. The number of carbonyl (C=O) groups is 2. The fourth-order valence-corrected chi connectivity index (χ4v) is 5.93. The van der Waals surface area contributed by atoms with E-state index in [0.717, 1.165) is 11.1 Å². The van der Waals surface area contributed by atoms with E-state index in [1.807, 2.05) is 63.1 Å². The van der Waals surface area contributed by atoms with E-state index in [1.54, 1.807) is 9.80 Å². The van der Waals surface area contributed by atoms with Crippen LogP contribution < -0.4 is 9.64 Å². The van der Waals surface area contributed by atoms with Crippen molar-refractivity contribution < 1.29 is 28.2 Å². The zero-order chi connectivity index (χ0) is 32.1. The maximum absolute atomic E-state index is 14.0. The lowest BCUT2D eigenvalue weighted by Gasteiger charge is -2.41. The summed E-state index contributed by atoms with van der Waals surface area (Å²) in [6.07, 6.45) is -0.905. The Kier molecular flexibility index (Phi) is 9.92. The number of fused-ring (bicyclic) bond motifs is 1. The van der Waals surface area contributed by atoms with E-state index in [4.69, 9.17) is 30.8 Å². The SMILES string of the molecule is [C-]#[N+]C[C@H]1CN(c2nc(OC[C@@H]3C[C@@H](F)CN3C)nc3c2CCN(C(=O)OCc2ccccc2)C3)CCN1C(=O)OC(C)(C)C. The number of alkyl halides is 1. The minimum atomic E-state index is -0.903. The number of piperazine rings is 1. The lowest BCUT2D eigenvalue weighted by atomic mass is 10.0. The molecule has 2 saturated heterocycles. The molecule has 0 saturated carbocycles. The van der Waals surface area contributed by atoms with E-state index < -0.39 is 30.0 Å². The second kappa shape index (κ2) is 13.9. The fourth-order valence-electron chi connectivity index (χ4n) is 5.93. The molecule has 2 fully saturated rings. The van der Waals surface area contributed by atoms with Crippen LogP contribution in [0.5, 0.6) is 6.01 Å². The molecular weight excluding hydrogens is 581 g/mol. The van der Waals surface area contributed by atoms with Gasteiger partial charge in [-0.3, -0.25) is 9.80 Å². The van der Waals surface area contributed by atoms with Crippen LogP contribution >= 0.6 is 0 Å². The van der Waals surface area contributed by atoms with Gasteiger partial charge in [0.15, 0.2) is 0 Å². The van der Waals surface area contributed by atoms with Crippen molar-refractivity contribution in [2.45, 2.75) is 70.6 Å². The molecule has 0 aliphatic carbocycles. The molecule has 1 aromatic carbocycles. The normalized spacial score (nSPS) is 22.0. The number of likely N-dealkylation sites (tertiary alicyclic amines) is 1. The average Bonchev–Trinajstić information content (AvgIpc) is 3.34. The lowest BCUT2D eigenvalue weighted by molar-refractivity contribution is 0.0155. The summed E-state index contributed by atoms with van der Waals surface area (Å²) >= 11 is 0. The summed E-state index contributed by atoms with van der Waals surface area (Å²) in [6.45, 7) is 15.7. The van der Waals surface area contributed by atoms with Crippen LogP contribution in [0.25, 0.3) is 4.85 Å². The Hall–Kier alpha value is -4.18. The maximum Gasteiger partial charge on any atom is 0.410 e. The van der Waals surface area contributed by atoms with Gasteiger partial charge >= 0.3 is 18.2 Å². The van der Waals surface area contributed by atoms with Crippen LogP contribution in [0.15, 0.2) is 30.3 Å². The number of hydrogen-bond acceptors (Lipinski definition) is 9. The smallest absolute Gasteiger partial charge is 0.410 e. The summed E-state index contributed by atoms with van der Waals surface area (Å²) < 4.78 is 31.3. The molecule has 0 N–H and O–H groups in total. The van der Waals surface area contributed by atoms with Crippen LogP contribution in [0, 0.1) is 6.57 Å². The molecule has 3 atom stereocenters. The minimum Gasteiger partial charge on any atom is -0.462 e. The van der Waals surface area contributed by atoms with Crippen LogP contribution in [0.3, 0.4) is 0 Å². The highest BCUT2D eigenvalue weighted by Gasteiger charge is 2.38. The Morgan fingerprint density at radius 1 is 1.07 bits per heavy atom. The van der Waals surface area contributed by atoms with Crippen molar-refractivity contribution in [1.29, 1.82) is 0 Å². The van der Waals surface area contributed by atoms with Crippen LogP contribution in [0.1, 0.15) is 44.0 Å². The first-order chi connectivity index (χ1) is 21.5. The Balaban J connectivity index is 1.36. The van der Waals surface area contributed by atoms with Crippen molar-refractivity contribution in [3.63, 3.8) is 0 Å². The van der Waals surface area contributed by atoms with Crippen LogP contribution in [-0.2, 0) is 29.0 Å². The average molecular weight is 624 g/mol. The number of carbonyl (C=O) groups excluding carboxylic acids is 2. The third-order valence-corrected chi connectivity index (χ3v) is 8.24. The highest BCUT2D eigenvalue weighted by Crippen LogP contribution is 2.31. The van der Waals surface area contributed by atoms with Gasteiger partial charge in [-0.25, -0.2) is 20.6 Å². The van der Waals surface area contributed by atoms with Crippen molar-refractivity contribution in [3.05, 3.63) is 58.6 Å². The third kappa shape index (κ3) is 8.11. The van der Waals surface area contributed by atoms with Gasteiger partial charge in [0.05, 0.1) is 12.2 Å².